The Morgan fingerprint density at radius 2 is 2.00 bits per heavy atom. The summed E-state index contributed by atoms with van der Waals surface area (Å²) >= 11 is 11.8. The Bertz CT molecular complexity index is 998. The van der Waals surface area contributed by atoms with Gasteiger partial charge in [-0.2, -0.15) is 0 Å². The molecule has 2 aliphatic rings. The third-order valence-electron chi connectivity index (χ3n) is 5.58. The number of benzene rings is 2. The summed E-state index contributed by atoms with van der Waals surface area (Å²) in [7, 11) is 3.50. The number of halogens is 1. The lowest BCUT2D eigenvalue weighted by Crippen LogP contribution is -2.72. The van der Waals surface area contributed by atoms with Crippen LogP contribution >= 0.6 is 23.8 Å². The zero-order valence-corrected chi connectivity index (χ0v) is 18.9. The minimum atomic E-state index is -1.07. The molecule has 0 saturated carbocycles. The van der Waals surface area contributed by atoms with E-state index < -0.39 is 11.6 Å². The first kappa shape index (κ1) is 20.8. The maximum atomic E-state index is 13.4. The number of anilines is 1. The number of nitrogens with zero attached hydrogens (tertiary/aromatic N) is 2. The van der Waals surface area contributed by atoms with E-state index in [1.54, 1.807) is 31.1 Å². The first-order valence-electron chi connectivity index (χ1n) is 9.80. The number of fused-ring (bicyclic) bond motifs is 4. The molecular weight excluding hydrogens is 422 g/mol. The van der Waals surface area contributed by atoms with E-state index in [1.165, 1.54) is 0 Å². The molecular formula is C22H24ClN3O3S. The molecule has 3 atom stereocenters. The van der Waals surface area contributed by atoms with Gasteiger partial charge in [0.2, 0.25) is 5.91 Å². The molecule has 0 unspecified atom stereocenters. The van der Waals surface area contributed by atoms with Crippen molar-refractivity contribution in [3.8, 4) is 11.5 Å². The lowest BCUT2D eigenvalue weighted by atomic mass is 9.78. The van der Waals surface area contributed by atoms with Crippen LogP contribution in [0, 0.1) is 5.92 Å². The average Bonchev–Trinajstić information content (AvgIpc) is 2.69. The lowest BCUT2D eigenvalue weighted by molar-refractivity contribution is -0.144. The van der Waals surface area contributed by atoms with Gasteiger partial charge in [0, 0.05) is 30.4 Å². The molecule has 8 heteroatoms. The largest absolute Gasteiger partial charge is 0.490 e. The first-order chi connectivity index (χ1) is 14.3. The fourth-order valence-electron chi connectivity index (χ4n) is 4.27. The van der Waals surface area contributed by atoms with Gasteiger partial charge in [0.15, 0.2) is 22.3 Å². The van der Waals surface area contributed by atoms with E-state index in [0.29, 0.717) is 28.2 Å². The summed E-state index contributed by atoms with van der Waals surface area (Å²) < 4.78 is 12.4. The topological polar surface area (TPSA) is 54.0 Å². The fraction of sp³-hybridized carbons (Fsp3) is 0.364. The van der Waals surface area contributed by atoms with Gasteiger partial charge in [0.05, 0.1) is 12.6 Å². The third kappa shape index (κ3) is 3.17. The van der Waals surface area contributed by atoms with E-state index in [-0.39, 0.29) is 11.9 Å². The summed E-state index contributed by atoms with van der Waals surface area (Å²) in [4.78, 5) is 16.8. The van der Waals surface area contributed by atoms with Gasteiger partial charge >= 0.3 is 0 Å². The van der Waals surface area contributed by atoms with Crippen LogP contribution in [0.1, 0.15) is 25.5 Å². The normalized spacial score (nSPS) is 24.4. The van der Waals surface area contributed by atoms with Gasteiger partial charge in [0.1, 0.15) is 5.92 Å². The third-order valence-corrected chi connectivity index (χ3v) is 6.13. The van der Waals surface area contributed by atoms with Crippen LogP contribution in [0.5, 0.6) is 11.5 Å². The van der Waals surface area contributed by atoms with Crippen LogP contribution in [0.4, 0.5) is 5.69 Å². The molecule has 2 aromatic carbocycles. The number of amides is 1. The number of carbonyl (C=O) groups excluding carboxylic acids is 1. The molecule has 4 rings (SSSR count). The van der Waals surface area contributed by atoms with Crippen molar-refractivity contribution >= 4 is 40.5 Å². The maximum Gasteiger partial charge on any atom is 0.233 e. The predicted octanol–water partition coefficient (Wildman–Crippen LogP) is 3.99. The van der Waals surface area contributed by atoms with E-state index in [0.717, 1.165) is 11.3 Å². The molecule has 1 fully saturated rings. The smallest absolute Gasteiger partial charge is 0.233 e. The van der Waals surface area contributed by atoms with E-state index in [1.807, 2.05) is 49.1 Å². The fourth-order valence-corrected chi connectivity index (χ4v) is 4.81. The molecule has 0 radical (unpaired) electrons. The zero-order chi connectivity index (χ0) is 21.6. The predicted molar refractivity (Wildman–Crippen MR) is 121 cm³/mol. The Kier molecular flexibility index (Phi) is 5.28. The van der Waals surface area contributed by atoms with Crippen molar-refractivity contribution in [1.29, 1.82) is 0 Å². The van der Waals surface area contributed by atoms with Crippen LogP contribution in [0.25, 0.3) is 0 Å². The summed E-state index contributed by atoms with van der Waals surface area (Å²) in [6.07, 6.45) is 0. The minimum Gasteiger partial charge on any atom is -0.490 e. The van der Waals surface area contributed by atoms with Gasteiger partial charge in [-0.25, -0.2) is 0 Å². The molecule has 0 spiro atoms. The standard InChI is InChI=1S/C22H24ClN3O3S/c1-5-28-16-8-6-7-15-18-17(20(27)25(3)4)22(2,29-19(15)16)26(21(30)24-18)14-11-9-13(23)10-12-14/h6-12,17-18H,5H2,1-4H3,(H,24,30)/t17-,18+,22+/m1/s1. The Labute approximate surface area is 186 Å². The van der Waals surface area contributed by atoms with E-state index >= 15 is 0 Å². The summed E-state index contributed by atoms with van der Waals surface area (Å²) in [5, 5.41) is 4.49. The molecule has 2 aliphatic heterocycles. The van der Waals surface area contributed by atoms with Crippen LogP contribution in [0.3, 0.4) is 0 Å². The number of thiocarbonyl (C=S) groups is 1. The van der Waals surface area contributed by atoms with Crippen LogP contribution in [-0.4, -0.2) is 42.3 Å². The number of nitrogens with one attached hydrogen (secondary N) is 1. The van der Waals surface area contributed by atoms with Gasteiger partial charge in [-0.3, -0.25) is 9.69 Å². The Hall–Kier alpha value is -2.51. The molecule has 158 valence electrons. The molecule has 1 N–H and O–H groups in total. The van der Waals surface area contributed by atoms with E-state index in [2.05, 4.69) is 5.32 Å². The number of hydrogen-bond acceptors (Lipinski definition) is 4. The number of ether oxygens (including phenoxy) is 2. The quantitative estimate of drug-likeness (QED) is 0.718. The molecule has 0 aromatic heterocycles. The Morgan fingerprint density at radius 3 is 2.63 bits per heavy atom. The molecule has 2 heterocycles. The van der Waals surface area contributed by atoms with Crippen molar-refractivity contribution in [2.24, 2.45) is 5.92 Å². The second-order valence-corrected chi connectivity index (χ2v) is 8.54. The monoisotopic (exact) mass is 445 g/mol. The Balaban J connectivity index is 1.92. The lowest BCUT2D eigenvalue weighted by Gasteiger charge is -2.56. The van der Waals surface area contributed by atoms with Crippen LogP contribution in [-0.2, 0) is 4.79 Å². The van der Waals surface area contributed by atoms with Crippen molar-refractivity contribution in [1.82, 2.24) is 10.2 Å². The second-order valence-electron chi connectivity index (χ2n) is 7.71. The SMILES string of the molecule is CCOc1cccc2c1O[C@@]1(C)[C@@H](C(=O)N(C)C)[C@H]2NC(=S)N1c1ccc(Cl)cc1. The minimum absolute atomic E-state index is 0.0519. The highest BCUT2D eigenvalue weighted by Gasteiger charge is 2.59. The van der Waals surface area contributed by atoms with Crippen molar-refractivity contribution in [2.45, 2.75) is 25.6 Å². The summed E-state index contributed by atoms with van der Waals surface area (Å²) in [6, 6.07) is 12.7. The zero-order valence-electron chi connectivity index (χ0n) is 17.3. The summed E-state index contributed by atoms with van der Waals surface area (Å²) in [5.41, 5.74) is 0.575. The second kappa shape index (κ2) is 7.63. The van der Waals surface area contributed by atoms with E-state index in [9.17, 15) is 4.79 Å². The highest BCUT2D eigenvalue weighted by Crippen LogP contribution is 2.52. The van der Waals surface area contributed by atoms with Gasteiger partial charge in [-0.15, -0.1) is 0 Å². The van der Waals surface area contributed by atoms with Gasteiger partial charge in [-0.1, -0.05) is 23.7 Å². The van der Waals surface area contributed by atoms with Crippen LogP contribution in [0.2, 0.25) is 5.02 Å². The summed E-state index contributed by atoms with van der Waals surface area (Å²) in [6.45, 7) is 4.34. The molecule has 2 bridgehead atoms. The van der Waals surface area contributed by atoms with Gasteiger partial charge in [-0.05, 0) is 56.4 Å². The van der Waals surface area contributed by atoms with Gasteiger partial charge < -0.3 is 19.7 Å². The van der Waals surface area contributed by atoms with Crippen molar-refractivity contribution < 1.29 is 14.3 Å². The van der Waals surface area contributed by atoms with Crippen molar-refractivity contribution in [3.63, 3.8) is 0 Å². The average molecular weight is 446 g/mol. The molecule has 0 aliphatic carbocycles. The highest BCUT2D eigenvalue weighted by atomic mass is 35.5. The van der Waals surface area contributed by atoms with Gasteiger partial charge in [0.25, 0.3) is 0 Å². The number of rotatable bonds is 4. The highest BCUT2D eigenvalue weighted by molar-refractivity contribution is 7.80. The maximum absolute atomic E-state index is 13.4. The van der Waals surface area contributed by atoms with Crippen molar-refractivity contribution in [2.75, 3.05) is 25.6 Å². The van der Waals surface area contributed by atoms with E-state index in [4.69, 9.17) is 33.3 Å². The first-order valence-corrected chi connectivity index (χ1v) is 10.6. The molecule has 2 aromatic rings. The number of para-hydroxylation sites is 1. The number of carbonyl (C=O) groups is 1. The van der Waals surface area contributed by atoms with Crippen LogP contribution < -0.4 is 19.7 Å². The summed E-state index contributed by atoms with van der Waals surface area (Å²) in [5.74, 6) is 0.680. The van der Waals surface area contributed by atoms with Crippen molar-refractivity contribution in [3.05, 3.63) is 53.1 Å². The Morgan fingerprint density at radius 1 is 1.30 bits per heavy atom. The van der Waals surface area contributed by atoms with Crippen LogP contribution in [0.15, 0.2) is 42.5 Å². The molecule has 6 nitrogen and oxygen atoms in total. The molecule has 1 amide bonds. The number of hydrogen-bond donors (Lipinski definition) is 1. The molecule has 30 heavy (non-hydrogen) atoms. The molecule has 1 saturated heterocycles.